The molecule has 0 aromatic carbocycles. The summed E-state index contributed by atoms with van der Waals surface area (Å²) in [5.74, 6) is -0.382. The van der Waals surface area contributed by atoms with Crippen LogP contribution in [0.2, 0.25) is 0 Å². The van der Waals surface area contributed by atoms with Crippen LogP contribution in [-0.4, -0.2) is 45.9 Å². The Labute approximate surface area is 154 Å². The minimum absolute atomic E-state index is 0. The Morgan fingerprint density at radius 2 is 1.23 bits per heavy atom. The first-order chi connectivity index (χ1) is 9.88. The maximum atomic E-state index is 11.7. The molecule has 0 spiro atoms. The maximum absolute atomic E-state index is 11.7. The van der Waals surface area contributed by atoms with Gasteiger partial charge in [-0.25, -0.2) is 0 Å². The largest absolute Gasteiger partial charge is 2.00 e. The minimum atomic E-state index is -0.542. The van der Waals surface area contributed by atoms with E-state index >= 15 is 0 Å². The van der Waals surface area contributed by atoms with Crippen molar-refractivity contribution in [1.29, 1.82) is 0 Å². The number of hydrazone groups is 2. The van der Waals surface area contributed by atoms with Crippen LogP contribution in [0.15, 0.2) is 10.2 Å². The summed E-state index contributed by atoms with van der Waals surface area (Å²) < 4.78 is 0. The van der Waals surface area contributed by atoms with Gasteiger partial charge in [-0.1, -0.05) is 24.4 Å². The van der Waals surface area contributed by atoms with Crippen LogP contribution in [0.5, 0.6) is 0 Å². The number of hydrogen-bond acceptors (Lipinski definition) is 6. The summed E-state index contributed by atoms with van der Waals surface area (Å²) >= 11 is 10.4. The van der Waals surface area contributed by atoms with E-state index in [0.29, 0.717) is 21.8 Å². The first-order valence-corrected chi connectivity index (χ1v) is 7.74. The van der Waals surface area contributed by atoms with Crippen molar-refractivity contribution in [3.05, 3.63) is 0 Å². The molecule has 6 nitrogen and oxygen atoms in total. The van der Waals surface area contributed by atoms with Gasteiger partial charge in [0.1, 0.15) is 9.98 Å². The Morgan fingerprint density at radius 3 is 1.50 bits per heavy atom. The Hall–Kier alpha value is -0.657. The molecule has 0 bridgehead atoms. The number of thiocarbonyl (C=S) groups is 2. The summed E-state index contributed by atoms with van der Waals surface area (Å²) in [6.07, 6.45) is 3.82. The maximum Gasteiger partial charge on any atom is 2.00 e. The molecule has 0 heterocycles. The molecule has 0 aromatic rings. The molecule has 2 aliphatic carbocycles. The molecule has 2 saturated carbocycles. The van der Waals surface area contributed by atoms with Gasteiger partial charge in [0, 0.05) is 32.4 Å². The molecular formula is C13H18N4O2S2Zn. The third-order valence-corrected chi connectivity index (χ3v) is 4.51. The molecule has 22 heavy (non-hydrogen) atoms. The van der Waals surface area contributed by atoms with Crippen LogP contribution >= 0.6 is 24.4 Å². The van der Waals surface area contributed by atoms with E-state index < -0.39 is 11.8 Å². The normalized spacial score (nSPS) is 18.5. The summed E-state index contributed by atoms with van der Waals surface area (Å²) in [4.78, 5) is 1.31. The van der Waals surface area contributed by atoms with Gasteiger partial charge in [0.2, 0.25) is 0 Å². The van der Waals surface area contributed by atoms with E-state index in [1.807, 2.05) is 0 Å². The number of hydrogen-bond donors (Lipinski definition) is 0. The van der Waals surface area contributed by atoms with Crippen molar-refractivity contribution in [3.63, 3.8) is 0 Å². The molecule has 0 aromatic heterocycles. The Kier molecular flexibility index (Phi) is 7.29. The van der Waals surface area contributed by atoms with Gasteiger partial charge < -0.3 is 10.2 Å². The van der Waals surface area contributed by atoms with Crippen molar-refractivity contribution in [3.8, 4) is 0 Å². The molecule has 116 valence electrons. The standard InChI is InChI=1S/C13H20N4O2S2.Zn/c1-16(12(20)8-3-4-8)14-10(18)7-11(19)15-17(2)13(21)9-5-6-9;/h8-9H,3-7H2,1-2H3,(H,14,18)(H,15,19);/q;+2/p-2. The van der Waals surface area contributed by atoms with Crippen LogP contribution < -0.4 is 10.2 Å². The second-order valence-electron chi connectivity index (χ2n) is 5.44. The molecule has 0 radical (unpaired) electrons. The van der Waals surface area contributed by atoms with Gasteiger partial charge in [0.15, 0.2) is 0 Å². The fourth-order valence-electron chi connectivity index (χ4n) is 1.82. The van der Waals surface area contributed by atoms with Crippen LogP contribution in [0.1, 0.15) is 32.1 Å². The van der Waals surface area contributed by atoms with Gasteiger partial charge in [-0.2, -0.15) is 10.2 Å². The van der Waals surface area contributed by atoms with Gasteiger partial charge in [-0.15, -0.1) is 0 Å². The molecule has 0 atom stereocenters. The smallest absolute Gasteiger partial charge is 0.860 e. The third kappa shape index (κ3) is 5.85. The topological polar surface area (TPSA) is 77.3 Å². The predicted octanol–water partition coefficient (Wildman–Crippen LogP) is 0.0600. The molecule has 0 unspecified atom stereocenters. The van der Waals surface area contributed by atoms with Gasteiger partial charge in [-0.3, -0.25) is 10.0 Å². The Balaban J connectivity index is 0.00000242. The number of rotatable bonds is 6. The van der Waals surface area contributed by atoms with Crippen LogP contribution in [0.25, 0.3) is 0 Å². The van der Waals surface area contributed by atoms with Gasteiger partial charge >= 0.3 is 19.5 Å². The zero-order chi connectivity index (χ0) is 15.6. The molecule has 0 N–H and O–H groups in total. The second-order valence-corrected chi connectivity index (χ2v) is 6.27. The monoisotopic (exact) mass is 390 g/mol. The molecule has 2 fully saturated rings. The Bertz CT molecular complexity index is 460. The summed E-state index contributed by atoms with van der Waals surface area (Å²) in [5, 5.41) is 33.8. The van der Waals surface area contributed by atoms with E-state index in [-0.39, 0.29) is 25.9 Å². The molecule has 9 heteroatoms. The average Bonchev–Trinajstić information content (AvgIpc) is 3.29. The van der Waals surface area contributed by atoms with Crippen molar-refractivity contribution >= 4 is 46.2 Å². The van der Waals surface area contributed by atoms with E-state index in [1.54, 1.807) is 14.1 Å². The van der Waals surface area contributed by atoms with Gasteiger partial charge in [0.05, 0.1) is 0 Å². The first kappa shape index (κ1) is 19.4. The fourth-order valence-corrected chi connectivity index (χ4v) is 2.38. The number of nitrogens with zero attached hydrogens (tertiary/aromatic N) is 4. The summed E-state index contributed by atoms with van der Waals surface area (Å²) in [6, 6.07) is 0. The van der Waals surface area contributed by atoms with Crippen molar-refractivity contribution in [2.24, 2.45) is 22.0 Å². The second kappa shape index (κ2) is 8.27. The van der Waals surface area contributed by atoms with Gasteiger partial charge in [0.25, 0.3) is 0 Å². The van der Waals surface area contributed by atoms with E-state index in [2.05, 4.69) is 10.2 Å². The van der Waals surface area contributed by atoms with Crippen molar-refractivity contribution in [1.82, 2.24) is 10.0 Å². The summed E-state index contributed by atoms with van der Waals surface area (Å²) in [7, 11) is 3.27. The van der Waals surface area contributed by atoms with Crippen LogP contribution in [0.3, 0.4) is 0 Å². The van der Waals surface area contributed by atoms with Gasteiger partial charge in [-0.05, 0) is 37.5 Å². The molecule has 0 saturated heterocycles. The zero-order valence-corrected chi connectivity index (χ0v) is 17.4. The summed E-state index contributed by atoms with van der Waals surface area (Å²) in [6.45, 7) is 0. The fraction of sp³-hybridized carbons (Fsp3) is 0.692. The quantitative estimate of drug-likeness (QED) is 0.209. The zero-order valence-electron chi connectivity index (χ0n) is 12.8. The van der Waals surface area contributed by atoms with Crippen molar-refractivity contribution in [2.75, 3.05) is 14.1 Å². The van der Waals surface area contributed by atoms with Crippen LogP contribution in [0, 0.1) is 11.8 Å². The molecule has 2 rings (SSSR count). The van der Waals surface area contributed by atoms with E-state index in [9.17, 15) is 10.2 Å². The van der Waals surface area contributed by atoms with Crippen LogP contribution in [0.4, 0.5) is 0 Å². The average molecular weight is 392 g/mol. The van der Waals surface area contributed by atoms with Crippen molar-refractivity contribution in [2.45, 2.75) is 32.1 Å². The van der Waals surface area contributed by atoms with Crippen molar-refractivity contribution < 1.29 is 29.7 Å². The third-order valence-electron chi connectivity index (χ3n) is 3.32. The van der Waals surface area contributed by atoms with E-state index in [4.69, 9.17) is 24.4 Å². The van der Waals surface area contributed by atoms with E-state index in [1.165, 1.54) is 10.0 Å². The van der Waals surface area contributed by atoms with Crippen LogP contribution in [-0.2, 0) is 19.5 Å². The predicted molar refractivity (Wildman–Crippen MR) is 85.7 cm³/mol. The molecule has 0 amide bonds. The summed E-state index contributed by atoms with van der Waals surface area (Å²) in [5.41, 5.74) is 0. The minimum Gasteiger partial charge on any atom is -0.860 e. The Morgan fingerprint density at radius 1 is 0.909 bits per heavy atom. The first-order valence-electron chi connectivity index (χ1n) is 6.92. The molecular weight excluding hydrogens is 374 g/mol. The molecule has 2 aliphatic rings. The molecule has 0 aliphatic heterocycles. The SMILES string of the molecule is CN(/N=C(\[O-])C/C([O-])=N/N(C)C(=S)C1CC1)C(=S)C1CC1.[Zn+2]. The van der Waals surface area contributed by atoms with E-state index in [0.717, 1.165) is 25.7 Å².